The second kappa shape index (κ2) is 4.62. The van der Waals surface area contributed by atoms with E-state index in [2.05, 4.69) is 10.3 Å². The van der Waals surface area contributed by atoms with Crippen LogP contribution in [0.2, 0.25) is 0 Å². The average Bonchev–Trinajstić information content (AvgIpc) is 2.25. The molecule has 0 amide bonds. The van der Waals surface area contributed by atoms with Crippen LogP contribution in [-0.2, 0) is 6.54 Å². The molecule has 5 N–H and O–H groups in total. The fourth-order valence-corrected chi connectivity index (χ4v) is 1.40. The predicted octanol–water partition coefficient (Wildman–Crippen LogP) is -0.678. The summed E-state index contributed by atoms with van der Waals surface area (Å²) < 4.78 is 1.25. The lowest BCUT2D eigenvalue weighted by molar-refractivity contribution is 0.234. The molecule has 0 radical (unpaired) electrons. The minimum Gasteiger partial charge on any atom is -0.394 e. The first kappa shape index (κ1) is 13.3. The molecule has 0 aromatic carbocycles. The Morgan fingerprint density at radius 3 is 2.53 bits per heavy atom. The lowest BCUT2D eigenvalue weighted by atomic mass is 10.1. The maximum absolute atomic E-state index is 11.6. The highest BCUT2D eigenvalue weighted by Crippen LogP contribution is 2.15. The van der Waals surface area contributed by atoms with Crippen molar-refractivity contribution in [1.29, 1.82) is 0 Å². The van der Waals surface area contributed by atoms with Crippen LogP contribution in [0.15, 0.2) is 9.59 Å². The van der Waals surface area contributed by atoms with E-state index < -0.39 is 16.8 Å². The Balaban J connectivity index is 3.35. The molecule has 7 heteroatoms. The maximum atomic E-state index is 11.6. The molecule has 0 spiro atoms. The second-order valence-electron chi connectivity index (χ2n) is 4.43. The molecule has 0 unspecified atom stereocenters. The summed E-state index contributed by atoms with van der Waals surface area (Å²) in [5.74, 6) is 0.0720. The largest absolute Gasteiger partial charge is 0.394 e. The molecule has 1 heterocycles. The van der Waals surface area contributed by atoms with E-state index in [1.807, 2.05) is 0 Å². The van der Waals surface area contributed by atoms with Crippen molar-refractivity contribution in [1.82, 2.24) is 9.55 Å². The van der Waals surface area contributed by atoms with E-state index in [0.29, 0.717) is 6.54 Å². The van der Waals surface area contributed by atoms with Gasteiger partial charge < -0.3 is 16.2 Å². The third-order valence-corrected chi connectivity index (χ3v) is 2.41. The van der Waals surface area contributed by atoms with Crippen molar-refractivity contribution in [3.05, 3.63) is 20.8 Å². The number of anilines is 2. The van der Waals surface area contributed by atoms with Crippen molar-refractivity contribution < 1.29 is 5.11 Å². The number of nitrogens with two attached hydrogens (primary N) is 1. The highest BCUT2D eigenvalue weighted by atomic mass is 16.3. The highest BCUT2D eigenvalue weighted by molar-refractivity contribution is 5.61. The molecule has 0 atom stereocenters. The van der Waals surface area contributed by atoms with E-state index >= 15 is 0 Å². The van der Waals surface area contributed by atoms with E-state index in [4.69, 9.17) is 10.8 Å². The van der Waals surface area contributed by atoms with Gasteiger partial charge in [-0.15, -0.1) is 0 Å². The molecule has 0 aliphatic heterocycles. The lowest BCUT2D eigenvalue weighted by Gasteiger charge is -2.25. The molecule has 0 bridgehead atoms. The number of H-pyrrole nitrogens is 1. The monoisotopic (exact) mass is 242 g/mol. The molecule has 0 aliphatic rings. The number of hydrogen-bond acceptors (Lipinski definition) is 5. The Hall–Kier alpha value is -1.76. The Morgan fingerprint density at radius 1 is 1.47 bits per heavy atom. The molecular formula is C10H18N4O3. The number of nitrogens with zero attached hydrogens (tertiary/aromatic N) is 1. The van der Waals surface area contributed by atoms with Crippen LogP contribution in [-0.4, -0.2) is 26.8 Å². The lowest BCUT2D eigenvalue weighted by Crippen LogP contribution is -2.41. The first-order valence-corrected chi connectivity index (χ1v) is 5.34. The van der Waals surface area contributed by atoms with Crippen LogP contribution in [0.1, 0.15) is 20.8 Å². The predicted molar refractivity (Wildman–Crippen MR) is 66.2 cm³/mol. The van der Waals surface area contributed by atoms with Crippen molar-refractivity contribution in [2.24, 2.45) is 0 Å². The standard InChI is InChI=1S/C10H18N4O3/c1-4-14-7(11)6(8(16)12-9(14)17)13-10(2,3)5-15/h13,15H,4-5,11H2,1-3H3,(H,12,16,17). The van der Waals surface area contributed by atoms with Crippen molar-refractivity contribution in [2.45, 2.75) is 32.9 Å². The van der Waals surface area contributed by atoms with Gasteiger partial charge in [0.1, 0.15) is 11.5 Å². The Labute approximate surface area is 98.3 Å². The Bertz CT molecular complexity index is 515. The number of hydrogen-bond donors (Lipinski definition) is 4. The van der Waals surface area contributed by atoms with Crippen LogP contribution in [0.25, 0.3) is 0 Å². The number of aliphatic hydroxyl groups excluding tert-OH is 1. The van der Waals surface area contributed by atoms with E-state index in [9.17, 15) is 9.59 Å². The van der Waals surface area contributed by atoms with Gasteiger partial charge in [0.15, 0.2) is 0 Å². The van der Waals surface area contributed by atoms with Gasteiger partial charge in [0.05, 0.1) is 12.1 Å². The van der Waals surface area contributed by atoms with Crippen molar-refractivity contribution >= 4 is 11.5 Å². The molecule has 0 saturated heterocycles. The molecule has 0 aliphatic carbocycles. The fourth-order valence-electron chi connectivity index (χ4n) is 1.40. The normalized spacial score (nSPS) is 11.5. The molecule has 1 aromatic heterocycles. The van der Waals surface area contributed by atoms with Crippen molar-refractivity contribution in [2.75, 3.05) is 17.7 Å². The van der Waals surface area contributed by atoms with E-state index in [0.717, 1.165) is 0 Å². The summed E-state index contributed by atoms with van der Waals surface area (Å²) >= 11 is 0. The topological polar surface area (TPSA) is 113 Å². The quantitative estimate of drug-likeness (QED) is 0.559. The molecule has 0 fully saturated rings. The Kier molecular flexibility index (Phi) is 3.62. The minimum atomic E-state index is -0.697. The SMILES string of the molecule is CCn1c(N)c(NC(C)(C)CO)c(=O)[nH]c1=O. The van der Waals surface area contributed by atoms with Gasteiger partial charge in [0.2, 0.25) is 0 Å². The fraction of sp³-hybridized carbons (Fsp3) is 0.600. The van der Waals surface area contributed by atoms with Crippen LogP contribution in [0, 0.1) is 0 Å². The Morgan fingerprint density at radius 2 is 2.06 bits per heavy atom. The summed E-state index contributed by atoms with van der Waals surface area (Å²) in [7, 11) is 0. The molecule has 7 nitrogen and oxygen atoms in total. The second-order valence-corrected chi connectivity index (χ2v) is 4.43. The summed E-state index contributed by atoms with van der Waals surface area (Å²) in [6, 6.07) is 0. The molecule has 1 aromatic rings. The van der Waals surface area contributed by atoms with Crippen LogP contribution in [0.5, 0.6) is 0 Å². The summed E-state index contributed by atoms with van der Waals surface area (Å²) in [6.07, 6.45) is 0. The smallest absolute Gasteiger partial charge is 0.330 e. The molecule has 96 valence electrons. The van der Waals surface area contributed by atoms with Gasteiger partial charge >= 0.3 is 5.69 Å². The summed E-state index contributed by atoms with van der Waals surface area (Å²) in [5.41, 5.74) is 4.04. The van der Waals surface area contributed by atoms with Crippen molar-refractivity contribution in [3.8, 4) is 0 Å². The number of nitrogens with one attached hydrogen (secondary N) is 2. The van der Waals surface area contributed by atoms with Gasteiger partial charge in [0, 0.05) is 6.54 Å². The zero-order valence-corrected chi connectivity index (χ0v) is 10.2. The van der Waals surface area contributed by atoms with Crippen LogP contribution in [0.3, 0.4) is 0 Å². The van der Waals surface area contributed by atoms with Crippen LogP contribution >= 0.6 is 0 Å². The average molecular weight is 242 g/mol. The summed E-state index contributed by atoms with van der Waals surface area (Å²) in [4.78, 5) is 25.2. The number of rotatable bonds is 4. The summed E-state index contributed by atoms with van der Waals surface area (Å²) in [5, 5.41) is 12.0. The van der Waals surface area contributed by atoms with Gasteiger partial charge in [-0.1, -0.05) is 0 Å². The minimum absolute atomic E-state index is 0.0720. The summed E-state index contributed by atoms with van der Waals surface area (Å²) in [6.45, 7) is 5.37. The van der Waals surface area contributed by atoms with E-state index in [1.165, 1.54) is 4.57 Å². The molecule has 17 heavy (non-hydrogen) atoms. The first-order valence-electron chi connectivity index (χ1n) is 5.34. The molecular weight excluding hydrogens is 224 g/mol. The van der Waals surface area contributed by atoms with Gasteiger partial charge in [-0.2, -0.15) is 0 Å². The zero-order valence-electron chi connectivity index (χ0n) is 10.2. The highest BCUT2D eigenvalue weighted by Gasteiger charge is 2.20. The zero-order chi connectivity index (χ0) is 13.2. The number of aromatic nitrogens is 2. The third kappa shape index (κ3) is 2.68. The van der Waals surface area contributed by atoms with Crippen LogP contribution < -0.4 is 22.3 Å². The van der Waals surface area contributed by atoms with Gasteiger partial charge in [0.25, 0.3) is 5.56 Å². The number of aliphatic hydroxyl groups is 1. The third-order valence-electron chi connectivity index (χ3n) is 2.41. The van der Waals surface area contributed by atoms with Gasteiger partial charge in [-0.25, -0.2) is 4.79 Å². The molecule has 1 rings (SSSR count). The maximum Gasteiger partial charge on any atom is 0.330 e. The van der Waals surface area contributed by atoms with E-state index in [-0.39, 0.29) is 18.1 Å². The molecule has 0 saturated carbocycles. The van der Waals surface area contributed by atoms with Crippen molar-refractivity contribution in [3.63, 3.8) is 0 Å². The van der Waals surface area contributed by atoms with Gasteiger partial charge in [-0.3, -0.25) is 14.3 Å². The van der Waals surface area contributed by atoms with Crippen LogP contribution in [0.4, 0.5) is 11.5 Å². The van der Waals surface area contributed by atoms with E-state index in [1.54, 1.807) is 20.8 Å². The number of aromatic amines is 1. The number of nitrogen functional groups attached to an aromatic ring is 1. The first-order chi connectivity index (χ1) is 7.82. The van der Waals surface area contributed by atoms with Gasteiger partial charge in [-0.05, 0) is 20.8 Å².